The van der Waals surface area contributed by atoms with E-state index in [0.29, 0.717) is 13.2 Å². The number of hydrogen-bond donors (Lipinski definition) is 2. The Bertz CT molecular complexity index is 189. The number of hydrogen-bond acceptors (Lipinski definition) is 5. The molecule has 0 radical (unpaired) electrons. The van der Waals surface area contributed by atoms with E-state index in [4.69, 9.17) is 19.3 Å². The lowest BCUT2D eigenvalue weighted by Crippen LogP contribution is -2.30. The van der Waals surface area contributed by atoms with Gasteiger partial charge in [-0.2, -0.15) is 0 Å². The number of unbranched alkanes of at least 4 members (excludes halogenated alkanes) is 5. The fourth-order valence-electron chi connectivity index (χ4n) is 1.84. The van der Waals surface area contributed by atoms with Crippen LogP contribution in [-0.4, -0.2) is 62.6 Å². The first kappa shape index (κ1) is 19.8. The minimum atomic E-state index is -0.652. The van der Waals surface area contributed by atoms with Gasteiger partial charge in [0.05, 0.1) is 26.4 Å². The second-order valence-corrected chi connectivity index (χ2v) is 5.09. The van der Waals surface area contributed by atoms with Gasteiger partial charge in [-0.3, -0.25) is 0 Å². The highest BCUT2D eigenvalue weighted by molar-refractivity contribution is 4.58. The van der Waals surface area contributed by atoms with Crippen LogP contribution in [0, 0.1) is 0 Å². The normalized spacial score (nSPS) is 14.4. The van der Waals surface area contributed by atoms with Gasteiger partial charge in [0, 0.05) is 13.7 Å². The van der Waals surface area contributed by atoms with E-state index in [1.165, 1.54) is 32.1 Å². The maximum absolute atomic E-state index is 9.66. The Kier molecular flexibility index (Phi) is 15.0. The quantitative estimate of drug-likeness (QED) is 0.450. The molecule has 0 aliphatic carbocycles. The van der Waals surface area contributed by atoms with E-state index in [1.807, 2.05) is 0 Å². The summed E-state index contributed by atoms with van der Waals surface area (Å²) < 4.78 is 15.6. The average molecular weight is 292 g/mol. The van der Waals surface area contributed by atoms with Crippen molar-refractivity contribution in [2.45, 2.75) is 57.7 Å². The van der Waals surface area contributed by atoms with Gasteiger partial charge in [0.1, 0.15) is 12.2 Å². The number of aliphatic hydroxyl groups is 2. The summed E-state index contributed by atoms with van der Waals surface area (Å²) in [5, 5.41) is 18.6. The van der Waals surface area contributed by atoms with Crippen LogP contribution in [-0.2, 0) is 14.2 Å². The summed E-state index contributed by atoms with van der Waals surface area (Å²) in [6.45, 7) is 3.54. The lowest BCUT2D eigenvalue weighted by atomic mass is 10.1. The van der Waals surface area contributed by atoms with Gasteiger partial charge in [0.25, 0.3) is 0 Å². The second-order valence-electron chi connectivity index (χ2n) is 5.09. The van der Waals surface area contributed by atoms with Gasteiger partial charge in [-0.15, -0.1) is 0 Å². The fourth-order valence-corrected chi connectivity index (χ4v) is 1.84. The maximum Gasteiger partial charge on any atom is 0.104 e. The highest BCUT2D eigenvalue weighted by Crippen LogP contribution is 2.05. The van der Waals surface area contributed by atoms with Crippen LogP contribution < -0.4 is 0 Å². The molecular formula is C15H32O5. The zero-order chi connectivity index (χ0) is 15.1. The molecule has 2 unspecified atom stereocenters. The second kappa shape index (κ2) is 15.2. The van der Waals surface area contributed by atoms with Gasteiger partial charge in [0.15, 0.2) is 0 Å². The topological polar surface area (TPSA) is 68.2 Å². The van der Waals surface area contributed by atoms with E-state index >= 15 is 0 Å². The van der Waals surface area contributed by atoms with E-state index in [9.17, 15) is 5.11 Å². The molecule has 0 aliphatic heterocycles. The van der Waals surface area contributed by atoms with Crippen LogP contribution in [0.5, 0.6) is 0 Å². The molecule has 0 bridgehead atoms. The van der Waals surface area contributed by atoms with E-state index in [1.54, 1.807) is 7.11 Å². The smallest absolute Gasteiger partial charge is 0.104 e. The molecule has 0 saturated heterocycles. The SMILES string of the molecule is CCCCCCCCOCC(O)COC(CO)COC. The molecule has 0 fully saturated rings. The van der Waals surface area contributed by atoms with Crippen LogP contribution in [0.25, 0.3) is 0 Å². The minimum Gasteiger partial charge on any atom is -0.394 e. The molecule has 0 spiro atoms. The first-order valence-electron chi connectivity index (χ1n) is 7.71. The molecular weight excluding hydrogens is 260 g/mol. The van der Waals surface area contributed by atoms with E-state index in [-0.39, 0.29) is 25.9 Å². The van der Waals surface area contributed by atoms with Crippen LogP contribution in [0.2, 0.25) is 0 Å². The summed E-state index contributed by atoms with van der Waals surface area (Å²) in [5.74, 6) is 0. The summed E-state index contributed by atoms with van der Waals surface area (Å²) >= 11 is 0. The molecule has 5 heteroatoms. The molecule has 0 aromatic heterocycles. The third kappa shape index (κ3) is 12.8. The van der Waals surface area contributed by atoms with Crippen molar-refractivity contribution in [3.8, 4) is 0 Å². The van der Waals surface area contributed by atoms with Crippen LogP contribution in [0.1, 0.15) is 45.4 Å². The maximum atomic E-state index is 9.66. The summed E-state index contributed by atoms with van der Waals surface area (Å²) in [7, 11) is 1.55. The van der Waals surface area contributed by atoms with Crippen molar-refractivity contribution in [2.24, 2.45) is 0 Å². The Balaban J connectivity index is 3.33. The Morgan fingerprint density at radius 2 is 1.65 bits per heavy atom. The van der Waals surface area contributed by atoms with Crippen LogP contribution in [0.15, 0.2) is 0 Å². The molecule has 122 valence electrons. The van der Waals surface area contributed by atoms with Crippen molar-refractivity contribution in [2.75, 3.05) is 40.1 Å². The predicted molar refractivity (Wildman–Crippen MR) is 78.9 cm³/mol. The first-order valence-corrected chi connectivity index (χ1v) is 7.71. The molecule has 20 heavy (non-hydrogen) atoms. The van der Waals surface area contributed by atoms with Crippen molar-refractivity contribution in [3.05, 3.63) is 0 Å². The average Bonchev–Trinajstić information content (AvgIpc) is 2.46. The Labute approximate surface area is 123 Å². The fraction of sp³-hybridized carbons (Fsp3) is 1.00. The monoisotopic (exact) mass is 292 g/mol. The Hall–Kier alpha value is -0.200. The summed E-state index contributed by atoms with van der Waals surface area (Å²) in [5.41, 5.74) is 0. The van der Waals surface area contributed by atoms with Crippen LogP contribution >= 0.6 is 0 Å². The molecule has 0 aliphatic rings. The van der Waals surface area contributed by atoms with Crippen molar-refractivity contribution in [1.82, 2.24) is 0 Å². The molecule has 0 heterocycles. The van der Waals surface area contributed by atoms with Crippen molar-refractivity contribution in [1.29, 1.82) is 0 Å². The first-order chi connectivity index (χ1) is 9.74. The lowest BCUT2D eigenvalue weighted by molar-refractivity contribution is -0.0774. The minimum absolute atomic E-state index is 0.112. The van der Waals surface area contributed by atoms with Crippen molar-refractivity contribution < 1.29 is 24.4 Å². The third-order valence-corrected chi connectivity index (χ3v) is 3.03. The highest BCUT2D eigenvalue weighted by Gasteiger charge is 2.11. The lowest BCUT2D eigenvalue weighted by Gasteiger charge is -2.17. The van der Waals surface area contributed by atoms with Gasteiger partial charge >= 0.3 is 0 Å². The van der Waals surface area contributed by atoms with Gasteiger partial charge in [-0.05, 0) is 6.42 Å². The van der Waals surface area contributed by atoms with Crippen LogP contribution in [0.4, 0.5) is 0 Å². The summed E-state index contributed by atoms with van der Waals surface area (Å²) in [6, 6.07) is 0. The zero-order valence-corrected chi connectivity index (χ0v) is 13.1. The molecule has 0 rings (SSSR count). The van der Waals surface area contributed by atoms with Gasteiger partial charge < -0.3 is 24.4 Å². The number of rotatable bonds is 15. The molecule has 0 aromatic carbocycles. The largest absolute Gasteiger partial charge is 0.394 e. The van der Waals surface area contributed by atoms with Gasteiger partial charge in [0.2, 0.25) is 0 Å². The number of aliphatic hydroxyl groups excluding tert-OH is 2. The molecule has 2 atom stereocenters. The van der Waals surface area contributed by atoms with Crippen LogP contribution in [0.3, 0.4) is 0 Å². The molecule has 0 saturated carbocycles. The predicted octanol–water partition coefficient (Wildman–Crippen LogP) is 1.75. The Morgan fingerprint density at radius 1 is 0.950 bits per heavy atom. The standard InChI is InChI=1S/C15H32O5/c1-3-4-5-6-7-8-9-19-11-14(17)12-20-15(10-16)13-18-2/h14-17H,3-13H2,1-2H3. The van der Waals surface area contributed by atoms with Gasteiger partial charge in [-0.25, -0.2) is 0 Å². The number of methoxy groups -OCH3 is 1. The van der Waals surface area contributed by atoms with E-state index in [0.717, 1.165) is 6.42 Å². The van der Waals surface area contributed by atoms with Crippen molar-refractivity contribution in [3.63, 3.8) is 0 Å². The summed E-state index contributed by atoms with van der Waals surface area (Å²) in [4.78, 5) is 0. The molecule has 5 nitrogen and oxygen atoms in total. The molecule has 2 N–H and O–H groups in total. The van der Waals surface area contributed by atoms with Gasteiger partial charge in [-0.1, -0.05) is 39.0 Å². The molecule has 0 amide bonds. The summed E-state index contributed by atoms with van der Waals surface area (Å²) in [6.07, 6.45) is 6.33. The Morgan fingerprint density at radius 3 is 2.30 bits per heavy atom. The van der Waals surface area contributed by atoms with Crippen molar-refractivity contribution >= 4 is 0 Å². The third-order valence-electron chi connectivity index (χ3n) is 3.03. The zero-order valence-electron chi connectivity index (χ0n) is 13.1. The highest BCUT2D eigenvalue weighted by atomic mass is 16.5. The van der Waals surface area contributed by atoms with E-state index in [2.05, 4.69) is 6.92 Å². The molecule has 0 aromatic rings. The number of ether oxygens (including phenoxy) is 3. The van der Waals surface area contributed by atoms with E-state index < -0.39 is 6.10 Å².